The van der Waals surface area contributed by atoms with Crippen LogP contribution in [0.2, 0.25) is 0 Å². The molecule has 12 heavy (non-hydrogen) atoms. The van der Waals surface area contributed by atoms with Crippen LogP contribution in [0.5, 0.6) is 0 Å². The summed E-state index contributed by atoms with van der Waals surface area (Å²) >= 11 is 0. The number of carbonyl (C=O) groups is 1. The van der Waals surface area contributed by atoms with Gasteiger partial charge in [-0.3, -0.25) is 4.79 Å². The molecular weight excluding hydrogens is 154 g/mol. The van der Waals surface area contributed by atoms with E-state index in [9.17, 15) is 4.79 Å². The van der Waals surface area contributed by atoms with Crippen LogP contribution in [0.25, 0.3) is 0 Å². The van der Waals surface area contributed by atoms with E-state index in [4.69, 9.17) is 5.90 Å². The van der Waals surface area contributed by atoms with Crippen molar-refractivity contribution in [2.24, 2.45) is 23.7 Å². The second-order valence-electron chi connectivity index (χ2n) is 3.92. The fraction of sp³-hybridized carbons (Fsp3) is 0.889. The predicted octanol–water partition coefficient (Wildman–Crippen LogP) is 1.72. The van der Waals surface area contributed by atoms with E-state index in [-0.39, 0.29) is 11.9 Å². The third-order valence-corrected chi connectivity index (χ3v) is 1.95. The van der Waals surface area contributed by atoms with Gasteiger partial charge in [-0.05, 0) is 18.3 Å². The molecule has 0 aliphatic heterocycles. The summed E-state index contributed by atoms with van der Waals surface area (Å²) < 4.78 is 0. The minimum atomic E-state index is -0.293. The Morgan fingerprint density at radius 2 is 1.83 bits per heavy atom. The van der Waals surface area contributed by atoms with Crippen LogP contribution in [0.15, 0.2) is 0 Å². The van der Waals surface area contributed by atoms with Gasteiger partial charge in [-0.2, -0.15) is 5.90 Å². The number of hydrogen-bond donors (Lipinski definition) is 1. The van der Waals surface area contributed by atoms with E-state index in [2.05, 4.69) is 18.7 Å². The first kappa shape index (κ1) is 11.4. The van der Waals surface area contributed by atoms with Crippen molar-refractivity contribution in [3.8, 4) is 0 Å². The fourth-order valence-corrected chi connectivity index (χ4v) is 1.24. The molecule has 0 fully saturated rings. The quantitative estimate of drug-likeness (QED) is 0.658. The van der Waals surface area contributed by atoms with Crippen molar-refractivity contribution in [1.82, 2.24) is 0 Å². The summed E-state index contributed by atoms with van der Waals surface area (Å²) in [6, 6.07) is 0. The largest absolute Gasteiger partial charge is 0.373 e. The third-order valence-electron chi connectivity index (χ3n) is 1.95. The van der Waals surface area contributed by atoms with Crippen LogP contribution in [-0.4, -0.2) is 5.97 Å². The highest BCUT2D eigenvalue weighted by Crippen LogP contribution is 2.20. The van der Waals surface area contributed by atoms with Crippen LogP contribution < -0.4 is 5.90 Å². The highest BCUT2D eigenvalue weighted by molar-refractivity contribution is 5.72. The van der Waals surface area contributed by atoms with E-state index in [1.807, 2.05) is 13.8 Å². The van der Waals surface area contributed by atoms with Crippen LogP contribution in [-0.2, 0) is 9.63 Å². The molecule has 0 radical (unpaired) electrons. The maximum Gasteiger partial charge on any atom is 0.327 e. The van der Waals surface area contributed by atoms with Gasteiger partial charge in [-0.1, -0.05) is 27.7 Å². The second kappa shape index (κ2) is 5.14. The van der Waals surface area contributed by atoms with Gasteiger partial charge in [0, 0.05) is 0 Å². The van der Waals surface area contributed by atoms with Gasteiger partial charge in [0.2, 0.25) is 0 Å². The highest BCUT2D eigenvalue weighted by atomic mass is 16.7. The summed E-state index contributed by atoms with van der Waals surface area (Å²) in [6.45, 7) is 8.17. The average Bonchev–Trinajstić information content (AvgIpc) is 1.98. The molecule has 0 spiro atoms. The van der Waals surface area contributed by atoms with E-state index in [0.29, 0.717) is 11.8 Å². The summed E-state index contributed by atoms with van der Waals surface area (Å²) in [5.74, 6) is 5.28. The van der Waals surface area contributed by atoms with Gasteiger partial charge in [0.25, 0.3) is 0 Å². The molecule has 0 heterocycles. The molecule has 3 nitrogen and oxygen atoms in total. The first-order valence-electron chi connectivity index (χ1n) is 4.39. The van der Waals surface area contributed by atoms with Gasteiger partial charge in [0.1, 0.15) is 0 Å². The van der Waals surface area contributed by atoms with E-state index in [1.54, 1.807) is 0 Å². The Kier molecular flexibility index (Phi) is 4.90. The van der Waals surface area contributed by atoms with Crippen LogP contribution in [0.3, 0.4) is 0 Å². The molecule has 0 aromatic rings. The van der Waals surface area contributed by atoms with E-state index in [0.717, 1.165) is 6.42 Å². The molecule has 0 aromatic carbocycles. The third kappa shape index (κ3) is 3.72. The molecule has 0 rings (SSSR count). The van der Waals surface area contributed by atoms with Gasteiger partial charge in [-0.25, -0.2) is 0 Å². The Bertz CT molecular complexity index is 143. The zero-order valence-corrected chi connectivity index (χ0v) is 8.33. The highest BCUT2D eigenvalue weighted by Gasteiger charge is 2.23. The Morgan fingerprint density at radius 3 is 2.08 bits per heavy atom. The van der Waals surface area contributed by atoms with E-state index in [1.165, 1.54) is 0 Å². The van der Waals surface area contributed by atoms with Crippen LogP contribution >= 0.6 is 0 Å². The summed E-state index contributed by atoms with van der Waals surface area (Å²) in [5, 5.41) is 0. The lowest BCUT2D eigenvalue weighted by atomic mass is 9.88. The summed E-state index contributed by atoms with van der Waals surface area (Å²) in [7, 11) is 0. The monoisotopic (exact) mass is 173 g/mol. The molecule has 3 heteroatoms. The van der Waals surface area contributed by atoms with Gasteiger partial charge in [0.15, 0.2) is 0 Å². The van der Waals surface area contributed by atoms with Crippen molar-refractivity contribution in [2.75, 3.05) is 0 Å². The Labute approximate surface area is 74.2 Å². The molecule has 72 valence electrons. The number of hydrogen-bond acceptors (Lipinski definition) is 3. The lowest BCUT2D eigenvalue weighted by molar-refractivity contribution is -0.151. The maximum absolute atomic E-state index is 11.1. The van der Waals surface area contributed by atoms with E-state index >= 15 is 0 Å². The number of carbonyl (C=O) groups excluding carboxylic acids is 1. The predicted molar refractivity (Wildman–Crippen MR) is 48.1 cm³/mol. The lowest BCUT2D eigenvalue weighted by Crippen LogP contribution is -2.26. The zero-order valence-electron chi connectivity index (χ0n) is 8.33. The molecule has 0 amide bonds. The lowest BCUT2D eigenvalue weighted by Gasteiger charge is -2.19. The molecule has 2 N–H and O–H groups in total. The molecular formula is C9H19NO2. The topological polar surface area (TPSA) is 52.3 Å². The standard InChI is InChI=1S/C9H19NO2/c1-6(2)5-8(7(3)4)9(11)12-10/h6-8H,5,10H2,1-4H3. The van der Waals surface area contributed by atoms with Gasteiger partial charge in [0.05, 0.1) is 5.92 Å². The minimum absolute atomic E-state index is 0.0602. The van der Waals surface area contributed by atoms with Crippen LogP contribution in [0.4, 0.5) is 0 Å². The Hall–Kier alpha value is -0.570. The molecule has 0 aliphatic rings. The minimum Gasteiger partial charge on any atom is -0.373 e. The maximum atomic E-state index is 11.1. The SMILES string of the molecule is CC(C)CC(C(=O)ON)C(C)C. The number of rotatable bonds is 4. The molecule has 0 aromatic heterocycles. The Balaban J connectivity index is 4.13. The molecule has 0 aliphatic carbocycles. The van der Waals surface area contributed by atoms with Gasteiger partial charge >= 0.3 is 5.97 Å². The van der Waals surface area contributed by atoms with Crippen molar-refractivity contribution in [2.45, 2.75) is 34.1 Å². The average molecular weight is 173 g/mol. The second-order valence-corrected chi connectivity index (χ2v) is 3.92. The van der Waals surface area contributed by atoms with Crippen LogP contribution in [0, 0.1) is 17.8 Å². The first-order valence-corrected chi connectivity index (χ1v) is 4.39. The smallest absolute Gasteiger partial charge is 0.327 e. The van der Waals surface area contributed by atoms with Crippen molar-refractivity contribution in [3.63, 3.8) is 0 Å². The van der Waals surface area contributed by atoms with E-state index < -0.39 is 0 Å². The van der Waals surface area contributed by atoms with Gasteiger partial charge in [-0.15, -0.1) is 0 Å². The van der Waals surface area contributed by atoms with Crippen LogP contribution in [0.1, 0.15) is 34.1 Å². The van der Waals surface area contributed by atoms with Crippen molar-refractivity contribution in [1.29, 1.82) is 0 Å². The molecule has 1 unspecified atom stereocenters. The summed E-state index contributed by atoms with van der Waals surface area (Å²) in [6.07, 6.45) is 0.841. The first-order chi connectivity index (χ1) is 5.49. The molecule has 1 atom stereocenters. The normalized spacial score (nSPS) is 13.6. The Morgan fingerprint density at radius 1 is 1.33 bits per heavy atom. The summed E-state index contributed by atoms with van der Waals surface area (Å²) in [4.78, 5) is 15.4. The molecule has 0 bridgehead atoms. The van der Waals surface area contributed by atoms with Crippen molar-refractivity contribution < 1.29 is 9.63 Å². The van der Waals surface area contributed by atoms with Crippen molar-refractivity contribution in [3.05, 3.63) is 0 Å². The zero-order chi connectivity index (χ0) is 9.72. The molecule has 0 saturated carbocycles. The number of nitrogens with two attached hydrogens (primary N) is 1. The molecule has 0 saturated heterocycles. The summed E-state index contributed by atoms with van der Waals surface area (Å²) in [5.41, 5.74) is 0. The fourth-order valence-electron chi connectivity index (χ4n) is 1.24. The van der Waals surface area contributed by atoms with Crippen molar-refractivity contribution >= 4 is 5.97 Å². The van der Waals surface area contributed by atoms with Gasteiger partial charge < -0.3 is 4.84 Å².